The average molecular weight is 670 g/mol. The largest absolute Gasteiger partial charge is 0.208 e. The molecule has 0 aliphatic carbocycles. The van der Waals surface area contributed by atoms with E-state index in [4.69, 9.17) is 15.0 Å². The number of rotatable bonds is 7. The predicted molar refractivity (Wildman–Crippen MR) is 213 cm³/mol. The van der Waals surface area contributed by atoms with Crippen LogP contribution < -0.4 is 0 Å². The molecule has 0 N–H and O–H groups in total. The molecule has 3 nitrogen and oxygen atoms in total. The van der Waals surface area contributed by atoms with Gasteiger partial charge in [0.05, 0.1) is 4.88 Å². The van der Waals surface area contributed by atoms with E-state index in [1.54, 1.807) is 11.3 Å². The minimum absolute atomic E-state index is 0.649. The van der Waals surface area contributed by atoms with Gasteiger partial charge in [0.25, 0.3) is 0 Å². The van der Waals surface area contributed by atoms with Gasteiger partial charge in [0, 0.05) is 15.8 Å². The Morgan fingerprint density at radius 2 is 0.725 bits per heavy atom. The average Bonchev–Trinajstić information content (AvgIpc) is 3.66. The summed E-state index contributed by atoms with van der Waals surface area (Å²) in [6.45, 7) is 0. The molecule has 2 heterocycles. The highest BCUT2D eigenvalue weighted by molar-refractivity contribution is 7.22. The van der Waals surface area contributed by atoms with E-state index < -0.39 is 0 Å². The minimum Gasteiger partial charge on any atom is -0.208 e. The van der Waals surface area contributed by atoms with Gasteiger partial charge in [-0.2, -0.15) is 0 Å². The molecule has 0 saturated heterocycles. The lowest BCUT2D eigenvalue weighted by molar-refractivity contribution is 1.08. The fourth-order valence-corrected chi connectivity index (χ4v) is 7.54. The lowest BCUT2D eigenvalue weighted by atomic mass is 9.91. The van der Waals surface area contributed by atoms with Gasteiger partial charge in [0.15, 0.2) is 17.5 Å². The zero-order valence-corrected chi connectivity index (χ0v) is 28.5. The van der Waals surface area contributed by atoms with Crippen LogP contribution in [0, 0.1) is 0 Å². The third kappa shape index (κ3) is 6.25. The van der Waals surface area contributed by atoms with Crippen LogP contribution in [0.1, 0.15) is 0 Å². The second-order valence-corrected chi connectivity index (χ2v) is 13.6. The molecule has 0 bridgehead atoms. The molecule has 0 amide bonds. The summed E-state index contributed by atoms with van der Waals surface area (Å²) in [6, 6.07) is 66.0. The highest BCUT2D eigenvalue weighted by Gasteiger charge is 2.16. The Labute approximate surface area is 301 Å². The van der Waals surface area contributed by atoms with Crippen molar-refractivity contribution in [2.75, 3.05) is 0 Å². The van der Waals surface area contributed by atoms with Crippen molar-refractivity contribution in [3.8, 4) is 78.0 Å². The molecule has 0 spiro atoms. The van der Waals surface area contributed by atoms with Crippen LogP contribution in [0.3, 0.4) is 0 Å². The maximum atomic E-state index is 5.05. The molecule has 9 aromatic rings. The maximum absolute atomic E-state index is 5.05. The van der Waals surface area contributed by atoms with E-state index >= 15 is 0 Å². The van der Waals surface area contributed by atoms with E-state index in [1.165, 1.54) is 37.9 Å². The van der Waals surface area contributed by atoms with Crippen molar-refractivity contribution in [3.05, 3.63) is 188 Å². The zero-order chi connectivity index (χ0) is 34.0. The monoisotopic (exact) mass is 669 g/mol. The fraction of sp³-hybridized carbons (Fsp3) is 0. The lowest BCUT2D eigenvalue weighted by Crippen LogP contribution is -1.99. The molecule has 0 aliphatic rings. The smallest absolute Gasteiger partial charge is 0.174 e. The van der Waals surface area contributed by atoms with E-state index in [2.05, 4.69) is 182 Å². The Hall–Kier alpha value is -6.49. The summed E-state index contributed by atoms with van der Waals surface area (Å²) in [5.41, 5.74) is 11.3. The number of hydrogen-bond donors (Lipinski definition) is 0. The quantitative estimate of drug-likeness (QED) is 0.169. The normalized spacial score (nSPS) is 11.1. The van der Waals surface area contributed by atoms with Gasteiger partial charge in [-0.25, -0.2) is 15.0 Å². The molecule has 51 heavy (non-hydrogen) atoms. The van der Waals surface area contributed by atoms with E-state index in [0.717, 1.165) is 32.7 Å². The van der Waals surface area contributed by atoms with Crippen LogP contribution in [0.4, 0.5) is 0 Å². The lowest BCUT2D eigenvalue weighted by Gasteiger charge is -2.13. The van der Waals surface area contributed by atoms with E-state index in [-0.39, 0.29) is 0 Å². The molecular formula is C47H31N3S. The first-order valence-electron chi connectivity index (χ1n) is 17.0. The molecule has 7 aromatic carbocycles. The van der Waals surface area contributed by atoms with Gasteiger partial charge in [0.1, 0.15) is 0 Å². The van der Waals surface area contributed by atoms with Gasteiger partial charge in [-0.1, -0.05) is 170 Å². The summed E-state index contributed by atoms with van der Waals surface area (Å²) in [5.74, 6) is 1.98. The van der Waals surface area contributed by atoms with Crippen LogP contribution in [-0.4, -0.2) is 15.0 Å². The van der Waals surface area contributed by atoms with Crippen LogP contribution in [0.15, 0.2) is 188 Å². The Balaban J connectivity index is 1.11. The third-order valence-electron chi connectivity index (χ3n) is 9.20. The first kappa shape index (κ1) is 30.6. The van der Waals surface area contributed by atoms with Crippen LogP contribution >= 0.6 is 11.3 Å². The molecule has 0 unspecified atom stereocenters. The van der Waals surface area contributed by atoms with E-state index in [1.807, 2.05) is 6.07 Å². The molecule has 0 saturated carbocycles. The number of hydrogen-bond acceptors (Lipinski definition) is 4. The SMILES string of the molecule is c1ccc(-c2ccc(-c3nc(-c4ccc(-c5ccc(-c6ccccc6)c(-c6ccccc6)c5)cc4)nc(-c4cc5ccccc5s4)n3)cc2)cc1. The second kappa shape index (κ2) is 13.4. The number of aromatic nitrogens is 3. The molecule has 0 aliphatic heterocycles. The Morgan fingerprint density at radius 3 is 1.31 bits per heavy atom. The summed E-state index contributed by atoms with van der Waals surface area (Å²) in [6.07, 6.45) is 0. The summed E-state index contributed by atoms with van der Waals surface area (Å²) in [7, 11) is 0. The van der Waals surface area contributed by atoms with Gasteiger partial charge < -0.3 is 0 Å². The summed E-state index contributed by atoms with van der Waals surface area (Å²) in [4.78, 5) is 16.1. The molecule has 0 atom stereocenters. The predicted octanol–water partition coefficient (Wildman–Crippen LogP) is 12.8. The zero-order valence-electron chi connectivity index (χ0n) is 27.6. The topological polar surface area (TPSA) is 38.7 Å². The Bertz CT molecular complexity index is 2560. The van der Waals surface area contributed by atoms with Crippen LogP contribution in [-0.2, 0) is 0 Å². The third-order valence-corrected chi connectivity index (χ3v) is 10.3. The van der Waals surface area contributed by atoms with Crippen molar-refractivity contribution in [2.24, 2.45) is 0 Å². The van der Waals surface area contributed by atoms with Crippen molar-refractivity contribution in [1.82, 2.24) is 15.0 Å². The van der Waals surface area contributed by atoms with Crippen molar-refractivity contribution < 1.29 is 0 Å². The van der Waals surface area contributed by atoms with Gasteiger partial charge >= 0.3 is 0 Å². The van der Waals surface area contributed by atoms with Gasteiger partial charge in [-0.3, -0.25) is 0 Å². The first-order chi connectivity index (χ1) is 25.2. The van der Waals surface area contributed by atoms with Gasteiger partial charge in [0.2, 0.25) is 0 Å². The molecule has 4 heteroatoms. The van der Waals surface area contributed by atoms with Gasteiger partial charge in [-0.05, 0) is 68.1 Å². The molecule has 0 radical (unpaired) electrons. The standard InChI is InChI=1S/C47H31N3S/c1-4-12-32(13-5-1)33-20-24-37(25-21-33)45-48-46(50-47(49-45)44-31-40-18-10-11-19-43(40)51-44)38-26-22-34(23-27-38)39-28-29-41(35-14-6-2-7-15-35)42(30-39)36-16-8-3-9-17-36/h1-31H. The highest BCUT2D eigenvalue weighted by Crippen LogP contribution is 2.37. The molecule has 2 aromatic heterocycles. The summed E-state index contributed by atoms with van der Waals surface area (Å²) >= 11 is 1.70. The van der Waals surface area contributed by atoms with Crippen molar-refractivity contribution in [1.29, 1.82) is 0 Å². The van der Waals surface area contributed by atoms with E-state index in [0.29, 0.717) is 17.5 Å². The van der Waals surface area contributed by atoms with Crippen LogP contribution in [0.2, 0.25) is 0 Å². The summed E-state index contributed by atoms with van der Waals surface area (Å²) < 4.78 is 1.21. The Kier molecular flexibility index (Phi) is 8.05. The summed E-state index contributed by atoms with van der Waals surface area (Å²) in [5, 5.41) is 1.19. The number of fused-ring (bicyclic) bond motifs is 1. The van der Waals surface area contributed by atoms with Crippen LogP contribution in [0.25, 0.3) is 88.1 Å². The van der Waals surface area contributed by atoms with E-state index in [9.17, 15) is 0 Å². The molecule has 0 fully saturated rings. The first-order valence-corrected chi connectivity index (χ1v) is 17.8. The highest BCUT2D eigenvalue weighted by atomic mass is 32.1. The number of benzene rings is 7. The molecular weight excluding hydrogens is 639 g/mol. The number of thiophene rings is 1. The van der Waals surface area contributed by atoms with Crippen molar-refractivity contribution >= 4 is 21.4 Å². The minimum atomic E-state index is 0.649. The van der Waals surface area contributed by atoms with Crippen molar-refractivity contribution in [3.63, 3.8) is 0 Å². The van der Waals surface area contributed by atoms with Crippen molar-refractivity contribution in [2.45, 2.75) is 0 Å². The maximum Gasteiger partial charge on any atom is 0.174 e. The fourth-order valence-electron chi connectivity index (χ4n) is 6.54. The van der Waals surface area contributed by atoms with Gasteiger partial charge in [-0.15, -0.1) is 11.3 Å². The molecule has 9 rings (SSSR count). The number of nitrogens with zero attached hydrogens (tertiary/aromatic N) is 3. The van der Waals surface area contributed by atoms with Crippen LogP contribution in [0.5, 0.6) is 0 Å². The Morgan fingerprint density at radius 1 is 0.294 bits per heavy atom. The molecule has 240 valence electrons. The second-order valence-electron chi connectivity index (χ2n) is 12.5.